The fourth-order valence-electron chi connectivity index (χ4n) is 3.34. The maximum absolute atomic E-state index is 14.5. The van der Waals surface area contributed by atoms with Gasteiger partial charge in [-0.2, -0.15) is 0 Å². The molecule has 0 aliphatic heterocycles. The van der Waals surface area contributed by atoms with E-state index in [2.05, 4.69) is 25.3 Å². The lowest BCUT2D eigenvalue weighted by molar-refractivity contribution is 0.463. The number of nitrogens with one attached hydrogen (secondary N) is 2. The fourth-order valence-corrected chi connectivity index (χ4v) is 3.34. The zero-order valence-electron chi connectivity index (χ0n) is 17.9. The van der Waals surface area contributed by atoms with Crippen molar-refractivity contribution in [3.8, 4) is 16.9 Å². The summed E-state index contributed by atoms with van der Waals surface area (Å²) in [5, 5.41) is 3.27. The minimum atomic E-state index is -0.301. The van der Waals surface area contributed by atoms with E-state index < -0.39 is 0 Å². The number of aromatic amines is 1. The van der Waals surface area contributed by atoms with Gasteiger partial charge in [-0.3, -0.25) is 4.99 Å². The molecule has 0 saturated carbocycles. The minimum Gasteiger partial charge on any atom is -0.352 e. The van der Waals surface area contributed by atoms with Crippen LogP contribution in [0.25, 0.3) is 16.9 Å². The van der Waals surface area contributed by atoms with Crippen molar-refractivity contribution in [1.82, 2.24) is 29.7 Å². The Morgan fingerprint density at radius 3 is 2.72 bits per heavy atom. The van der Waals surface area contributed by atoms with Crippen molar-refractivity contribution in [1.29, 1.82) is 0 Å². The summed E-state index contributed by atoms with van der Waals surface area (Å²) in [6.07, 6.45) is 6.74. The summed E-state index contributed by atoms with van der Waals surface area (Å²) in [5.41, 5.74) is 3.35. The van der Waals surface area contributed by atoms with Crippen molar-refractivity contribution in [2.24, 2.45) is 4.99 Å². The lowest BCUT2D eigenvalue weighted by Crippen LogP contribution is -2.38. The highest BCUT2D eigenvalue weighted by molar-refractivity contribution is 14.0. The molecule has 0 aliphatic carbocycles. The second kappa shape index (κ2) is 10.9. The van der Waals surface area contributed by atoms with Gasteiger partial charge in [0, 0.05) is 33.0 Å². The number of imidazole rings is 2. The van der Waals surface area contributed by atoms with Gasteiger partial charge in [0.05, 0.1) is 30.5 Å². The van der Waals surface area contributed by atoms with Gasteiger partial charge in [0.15, 0.2) is 5.96 Å². The van der Waals surface area contributed by atoms with Crippen molar-refractivity contribution in [3.05, 3.63) is 90.7 Å². The molecule has 0 radical (unpaired) electrons. The molecule has 2 heterocycles. The molecule has 2 aromatic carbocycles. The summed E-state index contributed by atoms with van der Waals surface area (Å²) < 4.78 is 16.1. The van der Waals surface area contributed by atoms with E-state index in [1.807, 2.05) is 54.5 Å². The van der Waals surface area contributed by atoms with Crippen LogP contribution in [-0.2, 0) is 13.1 Å². The lowest BCUT2D eigenvalue weighted by atomic mass is 10.2. The molecule has 0 spiro atoms. The van der Waals surface area contributed by atoms with E-state index in [1.165, 1.54) is 6.07 Å². The number of aliphatic imine (C=N–C) groups is 1. The summed E-state index contributed by atoms with van der Waals surface area (Å²) in [7, 11) is 3.65. The Labute approximate surface area is 203 Å². The molecule has 0 saturated heterocycles. The number of nitrogens with zero attached hydrogens (tertiary/aromatic N) is 5. The second-order valence-corrected chi connectivity index (χ2v) is 7.12. The molecule has 2 aromatic heterocycles. The highest BCUT2D eigenvalue weighted by Gasteiger charge is 2.11. The number of rotatable bonds is 6. The van der Waals surface area contributed by atoms with E-state index in [4.69, 9.17) is 0 Å². The molecule has 0 amide bonds. The number of hydrogen-bond donors (Lipinski definition) is 2. The molecule has 7 nitrogen and oxygen atoms in total. The van der Waals surface area contributed by atoms with E-state index in [0.29, 0.717) is 24.7 Å². The molecule has 166 valence electrons. The third kappa shape index (κ3) is 5.52. The number of hydrogen-bond acceptors (Lipinski definition) is 3. The molecule has 0 bridgehead atoms. The Kier molecular flexibility index (Phi) is 7.98. The molecule has 4 rings (SSSR count). The van der Waals surface area contributed by atoms with Crippen LogP contribution in [0, 0.1) is 5.82 Å². The minimum absolute atomic E-state index is 0. The van der Waals surface area contributed by atoms with Crippen LogP contribution in [0.1, 0.15) is 11.4 Å². The van der Waals surface area contributed by atoms with Gasteiger partial charge in [-0.1, -0.05) is 36.4 Å². The second-order valence-electron chi connectivity index (χ2n) is 7.12. The third-order valence-corrected chi connectivity index (χ3v) is 4.92. The number of halogens is 2. The van der Waals surface area contributed by atoms with Crippen molar-refractivity contribution in [2.75, 3.05) is 14.1 Å². The zero-order valence-corrected chi connectivity index (χ0v) is 20.2. The third-order valence-electron chi connectivity index (χ3n) is 4.92. The van der Waals surface area contributed by atoms with E-state index in [0.717, 1.165) is 22.6 Å². The Morgan fingerprint density at radius 1 is 1.22 bits per heavy atom. The number of H-pyrrole nitrogens is 1. The van der Waals surface area contributed by atoms with Crippen molar-refractivity contribution in [2.45, 2.75) is 13.1 Å². The van der Waals surface area contributed by atoms with Gasteiger partial charge in [-0.25, -0.2) is 14.4 Å². The van der Waals surface area contributed by atoms with Crippen molar-refractivity contribution >= 4 is 29.9 Å². The first-order valence-electron chi connectivity index (χ1n) is 9.92. The van der Waals surface area contributed by atoms with Crippen molar-refractivity contribution in [3.63, 3.8) is 0 Å². The smallest absolute Gasteiger partial charge is 0.194 e. The van der Waals surface area contributed by atoms with Gasteiger partial charge in [0.2, 0.25) is 0 Å². The maximum Gasteiger partial charge on any atom is 0.194 e. The van der Waals surface area contributed by atoms with Crippen LogP contribution in [0.3, 0.4) is 0 Å². The predicted molar refractivity (Wildman–Crippen MR) is 135 cm³/mol. The summed E-state index contributed by atoms with van der Waals surface area (Å²) in [6.45, 7) is 1.01. The summed E-state index contributed by atoms with van der Waals surface area (Å²) in [5.74, 6) is 1.22. The van der Waals surface area contributed by atoms with Gasteiger partial charge >= 0.3 is 0 Å². The topological polar surface area (TPSA) is 74.1 Å². The zero-order chi connectivity index (χ0) is 21.6. The van der Waals surface area contributed by atoms with Gasteiger partial charge < -0.3 is 19.8 Å². The standard InChI is InChI=1S/C23H24FN7.HI/c1-25-23(28-13-17-8-9-21(19(24)12-17)31-11-10-26-16-31)30(2)15-22-27-14-20(29-22)18-6-4-3-5-7-18;/h3-12,14,16H,13,15H2,1-2H3,(H,25,28)(H,27,29);1H. The Hall–Kier alpha value is -3.21. The first-order valence-corrected chi connectivity index (χ1v) is 9.92. The molecule has 0 unspecified atom stereocenters. The van der Waals surface area contributed by atoms with Crippen LogP contribution >= 0.6 is 24.0 Å². The molecule has 9 heteroatoms. The van der Waals surface area contributed by atoms with Gasteiger partial charge in [0.25, 0.3) is 0 Å². The van der Waals surface area contributed by atoms with Gasteiger partial charge in [0.1, 0.15) is 11.6 Å². The summed E-state index contributed by atoms with van der Waals surface area (Å²) >= 11 is 0. The normalized spacial score (nSPS) is 11.2. The quantitative estimate of drug-likeness (QED) is 0.216. The molecule has 0 atom stereocenters. The Morgan fingerprint density at radius 2 is 2.03 bits per heavy atom. The number of aromatic nitrogens is 4. The first-order chi connectivity index (χ1) is 15.1. The molecular weight excluding hydrogens is 520 g/mol. The molecule has 2 N–H and O–H groups in total. The molecule has 0 fully saturated rings. The summed E-state index contributed by atoms with van der Waals surface area (Å²) in [4.78, 5) is 18.1. The molecular formula is C23H25FIN7. The first kappa shape index (κ1) is 23.5. The predicted octanol–water partition coefficient (Wildman–Crippen LogP) is 4.23. The van der Waals surface area contributed by atoms with Crippen LogP contribution in [0.2, 0.25) is 0 Å². The Balaban J connectivity index is 0.00000289. The SMILES string of the molecule is CN=C(NCc1ccc(-n2ccnc2)c(F)c1)N(C)Cc1ncc(-c2ccccc2)[nH]1.I. The van der Waals surface area contributed by atoms with Crippen LogP contribution in [0.15, 0.2) is 78.4 Å². The highest BCUT2D eigenvalue weighted by atomic mass is 127. The highest BCUT2D eigenvalue weighted by Crippen LogP contribution is 2.17. The molecule has 0 aliphatic rings. The Bertz CT molecular complexity index is 1160. The van der Waals surface area contributed by atoms with E-state index >= 15 is 0 Å². The average Bonchev–Trinajstić information content (AvgIpc) is 3.47. The largest absolute Gasteiger partial charge is 0.352 e. The van der Waals surface area contributed by atoms with Gasteiger partial charge in [-0.15, -0.1) is 24.0 Å². The van der Waals surface area contributed by atoms with Gasteiger partial charge in [-0.05, 0) is 23.3 Å². The average molecular weight is 545 g/mol. The fraction of sp³-hybridized carbons (Fsp3) is 0.174. The number of benzene rings is 2. The molecule has 4 aromatic rings. The van der Waals surface area contributed by atoms with E-state index in [1.54, 1.807) is 36.4 Å². The van der Waals surface area contributed by atoms with Crippen LogP contribution in [0.4, 0.5) is 4.39 Å². The van der Waals surface area contributed by atoms with Crippen molar-refractivity contribution < 1.29 is 4.39 Å². The monoisotopic (exact) mass is 545 g/mol. The van der Waals surface area contributed by atoms with E-state index in [9.17, 15) is 4.39 Å². The van der Waals surface area contributed by atoms with Crippen LogP contribution in [0.5, 0.6) is 0 Å². The number of guanidine groups is 1. The summed E-state index contributed by atoms with van der Waals surface area (Å²) in [6, 6.07) is 15.2. The lowest BCUT2D eigenvalue weighted by Gasteiger charge is -2.21. The van der Waals surface area contributed by atoms with Crippen LogP contribution in [-0.4, -0.2) is 44.5 Å². The molecule has 32 heavy (non-hydrogen) atoms. The van der Waals surface area contributed by atoms with Crippen LogP contribution < -0.4 is 5.32 Å². The van der Waals surface area contributed by atoms with E-state index in [-0.39, 0.29) is 29.8 Å². The maximum atomic E-state index is 14.5.